The van der Waals surface area contributed by atoms with Gasteiger partial charge in [0.05, 0.1) is 37.9 Å². The molecule has 2 aliphatic heterocycles. The molecule has 4 aromatic carbocycles. The zero-order valence-corrected chi connectivity index (χ0v) is 26.9. The lowest BCUT2D eigenvalue weighted by molar-refractivity contribution is 0.412. The van der Waals surface area contributed by atoms with Crippen molar-refractivity contribution in [3.8, 4) is 45.6 Å². The molecule has 56 heavy (non-hydrogen) atoms. The van der Waals surface area contributed by atoms with Gasteiger partial charge < -0.3 is 9.97 Å². The predicted molar refractivity (Wildman–Crippen MR) is 165 cm³/mol. The average molecular weight is 810 g/mol. The Morgan fingerprint density at radius 3 is 1.11 bits per heavy atom. The lowest BCUT2D eigenvalue weighted by Gasteiger charge is -2.05. The summed E-state index contributed by atoms with van der Waals surface area (Å²) in [5.41, 5.74) is -8.75. The Morgan fingerprint density at radius 2 is 0.732 bits per heavy atom. The van der Waals surface area contributed by atoms with Crippen LogP contribution in [0.3, 0.4) is 0 Å². The van der Waals surface area contributed by atoms with E-state index in [2.05, 4.69) is 39.9 Å². The summed E-state index contributed by atoms with van der Waals surface area (Å²) in [6.45, 7) is 0. The molecule has 3 N–H and O–H groups in total. The third kappa shape index (κ3) is 4.61. The molecule has 11 nitrogen and oxygen atoms in total. The summed E-state index contributed by atoms with van der Waals surface area (Å²) in [6.07, 6.45) is 0. The van der Waals surface area contributed by atoms with E-state index in [1.165, 1.54) is 0 Å². The van der Waals surface area contributed by atoms with Gasteiger partial charge in [-0.2, -0.15) is 8.42 Å². The van der Waals surface area contributed by atoms with Crippen LogP contribution in [0.4, 0.5) is 52.7 Å². The van der Waals surface area contributed by atoms with Crippen LogP contribution in [0.5, 0.6) is 0 Å². The van der Waals surface area contributed by atoms with Crippen molar-refractivity contribution in [2.75, 3.05) is 0 Å². The summed E-state index contributed by atoms with van der Waals surface area (Å²) < 4.78 is 214. The highest BCUT2D eigenvalue weighted by Gasteiger charge is 2.36. The van der Waals surface area contributed by atoms with Gasteiger partial charge in [0.2, 0.25) is 0 Å². The lowest BCUT2D eigenvalue weighted by atomic mass is 10.1. The van der Waals surface area contributed by atoms with Gasteiger partial charge in [-0.15, -0.1) is 0 Å². The molecule has 9 rings (SSSR count). The van der Waals surface area contributed by atoms with Crippen LogP contribution in [-0.4, -0.2) is 52.8 Å². The van der Waals surface area contributed by atoms with Crippen LogP contribution in [0, 0.1) is 69.8 Å². The standard InChI is InChI=1S/C32H6F12N8O3S/c33-13-7-9(15(35)21(41)19(13)39)29-48-27(7)46-25-5-2-1-4(56(53,54)55)3-6(5)26(45-25)47-28-8-10(16(36)22(42)20(40)14(8)34)30(49-28)51-32-12-11(31(50-29)52-32)17(37)23(43)24(44)18(12)38/h1-3H,(H,53,54,55)(H2,45,46,47,48,49,50,51,52). The third-order valence-corrected chi connectivity index (χ3v) is 9.59. The molecular weight excluding hydrogens is 804 g/mol. The maximum absolute atomic E-state index is 15.5. The number of hydrogen-bond donors (Lipinski definition) is 3. The van der Waals surface area contributed by atoms with Gasteiger partial charge in [-0.05, 0) is 18.2 Å². The van der Waals surface area contributed by atoms with Crippen molar-refractivity contribution in [2.24, 2.45) is 0 Å². The van der Waals surface area contributed by atoms with Crippen molar-refractivity contribution in [1.82, 2.24) is 39.9 Å². The van der Waals surface area contributed by atoms with Crippen molar-refractivity contribution >= 4 is 54.3 Å². The fourth-order valence-electron chi connectivity index (χ4n) is 6.27. The smallest absolute Gasteiger partial charge is 0.294 e. The Balaban J connectivity index is 1.58. The predicted octanol–water partition coefficient (Wildman–Crippen LogP) is 7.79. The molecular formula is C32H6F12N8O3S. The maximum atomic E-state index is 15.5. The second-order valence-electron chi connectivity index (χ2n) is 11.8. The molecule has 0 amide bonds. The normalized spacial score (nSPS) is 12.5. The minimum absolute atomic E-state index is 0.252. The summed E-state index contributed by atoms with van der Waals surface area (Å²) in [6, 6.07) is 2.47. The van der Waals surface area contributed by atoms with Crippen LogP contribution in [0.15, 0.2) is 23.1 Å². The molecule has 0 saturated heterocycles. The van der Waals surface area contributed by atoms with Crippen LogP contribution < -0.4 is 0 Å². The first-order valence-electron chi connectivity index (χ1n) is 14.9. The largest absolute Gasteiger partial charge is 0.324 e. The molecule has 8 bridgehead atoms. The van der Waals surface area contributed by atoms with Gasteiger partial charge in [0.1, 0.15) is 22.6 Å². The van der Waals surface area contributed by atoms with E-state index in [0.29, 0.717) is 0 Å². The summed E-state index contributed by atoms with van der Waals surface area (Å²) in [5, 5.41) is -3.38. The second kappa shape index (κ2) is 11.4. The summed E-state index contributed by atoms with van der Waals surface area (Å²) in [4.78, 5) is 26.6. The second-order valence-corrected chi connectivity index (χ2v) is 13.2. The Labute approximate surface area is 298 Å². The van der Waals surface area contributed by atoms with Crippen molar-refractivity contribution in [2.45, 2.75) is 4.90 Å². The first-order chi connectivity index (χ1) is 26.4. The number of hydrogen-bond acceptors (Lipinski definition) is 8. The quantitative estimate of drug-likeness (QED) is 0.0650. The van der Waals surface area contributed by atoms with E-state index in [4.69, 9.17) is 0 Å². The van der Waals surface area contributed by atoms with E-state index >= 15 is 26.3 Å². The fraction of sp³-hybridized carbons (Fsp3) is 0. The molecule has 2 aliphatic rings. The van der Waals surface area contributed by atoms with Gasteiger partial charge >= 0.3 is 0 Å². The number of H-pyrrole nitrogens is 2. The Hall–Kier alpha value is -6.69. The lowest BCUT2D eigenvalue weighted by Crippen LogP contribution is -2.01. The van der Waals surface area contributed by atoms with Crippen LogP contribution in [-0.2, 0) is 10.1 Å². The highest BCUT2D eigenvalue weighted by molar-refractivity contribution is 7.85. The van der Waals surface area contributed by atoms with E-state index in [-0.39, 0.29) is 5.39 Å². The van der Waals surface area contributed by atoms with Gasteiger partial charge in [-0.1, -0.05) is 0 Å². The molecule has 0 unspecified atom stereocenters. The molecule has 0 radical (unpaired) electrons. The van der Waals surface area contributed by atoms with Crippen LogP contribution in [0.25, 0.3) is 89.7 Å². The topological polar surface area (TPSA) is 163 Å². The van der Waals surface area contributed by atoms with Crippen LogP contribution in [0.1, 0.15) is 0 Å². The number of aromatic amines is 2. The Kier molecular flexibility index (Phi) is 7.14. The summed E-state index contributed by atoms with van der Waals surface area (Å²) in [7, 11) is -5.01. The minimum Gasteiger partial charge on any atom is -0.324 e. The van der Waals surface area contributed by atoms with E-state index in [1.807, 2.05) is 0 Å². The van der Waals surface area contributed by atoms with Gasteiger partial charge in [-0.3, -0.25) is 4.55 Å². The number of benzene rings is 4. The Bertz CT molecular complexity index is 3340. The van der Waals surface area contributed by atoms with Crippen LogP contribution in [0.2, 0.25) is 0 Å². The average Bonchev–Trinajstić information content (AvgIpc) is 3.90. The van der Waals surface area contributed by atoms with Crippen molar-refractivity contribution in [3.05, 3.63) is 88.0 Å². The van der Waals surface area contributed by atoms with E-state index in [1.54, 1.807) is 0 Å². The minimum atomic E-state index is -5.01. The zero-order valence-electron chi connectivity index (χ0n) is 26.1. The third-order valence-electron chi connectivity index (χ3n) is 8.74. The first kappa shape index (κ1) is 35.0. The number of nitrogens with one attached hydrogen (secondary N) is 2. The van der Waals surface area contributed by atoms with E-state index < -0.39 is 169 Å². The summed E-state index contributed by atoms with van der Waals surface area (Å²) >= 11 is 0. The summed E-state index contributed by atoms with van der Waals surface area (Å²) in [5.74, 6) is -32.2. The molecule has 0 fully saturated rings. The van der Waals surface area contributed by atoms with Crippen molar-refractivity contribution in [3.63, 3.8) is 0 Å². The number of halogens is 12. The fourth-order valence-corrected chi connectivity index (χ4v) is 6.77. The zero-order chi connectivity index (χ0) is 40.0. The molecule has 0 spiro atoms. The van der Waals surface area contributed by atoms with Crippen molar-refractivity contribution in [1.29, 1.82) is 0 Å². The van der Waals surface area contributed by atoms with Gasteiger partial charge in [-0.25, -0.2) is 82.6 Å². The molecule has 282 valence electrons. The van der Waals surface area contributed by atoms with Crippen molar-refractivity contribution < 1.29 is 65.7 Å². The molecule has 7 aromatic rings. The molecule has 5 heterocycles. The maximum Gasteiger partial charge on any atom is 0.294 e. The van der Waals surface area contributed by atoms with Crippen LogP contribution >= 0.6 is 0 Å². The highest BCUT2D eigenvalue weighted by atomic mass is 32.2. The number of aromatic nitrogens is 8. The number of rotatable bonds is 1. The first-order valence-corrected chi connectivity index (χ1v) is 16.3. The monoisotopic (exact) mass is 810 g/mol. The molecule has 24 heteroatoms. The van der Waals surface area contributed by atoms with Gasteiger partial charge in [0, 0.05) is 10.8 Å². The SMILES string of the molecule is O=S(=O)(O)c1ccc2c3nc4nc(nc5[nH]c(nc6nc(nc([nH]3)c2c1)-c1c(F)c(F)c(F)c(F)c1-6)c1c(F)c(F)c(F)c(F)c51)-c1c(F)c(F)c(F)c(F)c1-4. The van der Waals surface area contributed by atoms with Gasteiger partial charge in [0.25, 0.3) is 10.1 Å². The molecule has 0 aliphatic carbocycles. The number of fused-ring (bicyclic) bond motifs is 20. The molecule has 3 aromatic heterocycles. The Morgan fingerprint density at radius 1 is 0.411 bits per heavy atom. The molecule has 0 saturated carbocycles. The van der Waals surface area contributed by atoms with Gasteiger partial charge in [0.15, 0.2) is 93.1 Å². The molecule has 0 atom stereocenters. The number of nitrogens with zero attached hydrogens (tertiary/aromatic N) is 6. The van der Waals surface area contributed by atoms with E-state index in [0.717, 1.165) is 18.2 Å². The van der Waals surface area contributed by atoms with E-state index in [9.17, 15) is 39.3 Å². The highest BCUT2D eigenvalue weighted by Crippen LogP contribution is 2.43.